The number of halogens is 1. The molecule has 0 aromatic heterocycles. The van der Waals surface area contributed by atoms with Crippen molar-refractivity contribution in [1.29, 1.82) is 0 Å². The van der Waals surface area contributed by atoms with E-state index in [9.17, 15) is 0 Å². The molecule has 104 valence electrons. The summed E-state index contributed by atoms with van der Waals surface area (Å²) >= 11 is 6.06. The van der Waals surface area contributed by atoms with Crippen molar-refractivity contribution in [3.63, 3.8) is 0 Å². The smallest absolute Gasteiger partial charge is 0.132 e. The normalized spacial score (nSPS) is 12.9. The highest BCUT2D eigenvalue weighted by Crippen LogP contribution is 2.32. The first-order valence-corrected chi connectivity index (χ1v) is 7.17. The summed E-state index contributed by atoms with van der Waals surface area (Å²) in [7, 11) is 0. The van der Waals surface area contributed by atoms with E-state index < -0.39 is 0 Å². The Morgan fingerprint density at radius 1 is 1.20 bits per heavy atom. The maximum Gasteiger partial charge on any atom is 0.132 e. The highest BCUT2D eigenvalue weighted by atomic mass is 35.5. The molecule has 0 bridgehead atoms. The van der Waals surface area contributed by atoms with Gasteiger partial charge in [-0.2, -0.15) is 0 Å². The van der Waals surface area contributed by atoms with Gasteiger partial charge in [0.15, 0.2) is 0 Å². The Labute approximate surface area is 123 Å². The molecule has 0 saturated heterocycles. The topological polar surface area (TPSA) is 47.3 Å². The Bertz CT molecular complexity index is 628. The summed E-state index contributed by atoms with van der Waals surface area (Å²) in [5.74, 6) is 1.63. The summed E-state index contributed by atoms with van der Waals surface area (Å²) in [6.07, 6.45) is 1.82. The summed E-state index contributed by atoms with van der Waals surface area (Å²) in [6.45, 7) is 1.58. The standard InChI is InChI=1S/C16H17ClN2O/c17-13-2-1-11(5-7-18)16(10-13)20-14-3-4-15-12(9-14)6-8-19-15/h1-4,9-10,19H,5-8,18H2. The van der Waals surface area contributed by atoms with Gasteiger partial charge in [0, 0.05) is 17.3 Å². The molecule has 0 radical (unpaired) electrons. The molecule has 4 heteroatoms. The quantitative estimate of drug-likeness (QED) is 0.904. The molecule has 0 atom stereocenters. The SMILES string of the molecule is NCCc1ccc(Cl)cc1Oc1ccc2c(c1)CCN2. The van der Waals surface area contributed by atoms with E-state index in [0.29, 0.717) is 11.6 Å². The predicted octanol–water partition coefficient (Wildman–Crippen LogP) is 3.60. The largest absolute Gasteiger partial charge is 0.457 e. The van der Waals surface area contributed by atoms with Crippen LogP contribution in [0.1, 0.15) is 11.1 Å². The Morgan fingerprint density at radius 3 is 2.95 bits per heavy atom. The molecule has 0 saturated carbocycles. The van der Waals surface area contributed by atoms with Gasteiger partial charge in [-0.05, 0) is 60.8 Å². The van der Waals surface area contributed by atoms with Crippen LogP contribution in [0.3, 0.4) is 0 Å². The average Bonchev–Trinajstić information content (AvgIpc) is 2.89. The van der Waals surface area contributed by atoms with Gasteiger partial charge in [0.2, 0.25) is 0 Å². The lowest BCUT2D eigenvalue weighted by Crippen LogP contribution is -2.04. The summed E-state index contributed by atoms with van der Waals surface area (Å²) in [5, 5.41) is 4.01. The third kappa shape index (κ3) is 2.74. The molecule has 1 aliphatic rings. The second-order valence-electron chi connectivity index (χ2n) is 4.89. The van der Waals surface area contributed by atoms with Crippen molar-refractivity contribution < 1.29 is 4.74 Å². The Morgan fingerprint density at radius 2 is 2.10 bits per heavy atom. The minimum absolute atomic E-state index is 0.589. The van der Waals surface area contributed by atoms with E-state index >= 15 is 0 Å². The third-order valence-electron chi connectivity index (χ3n) is 3.46. The van der Waals surface area contributed by atoms with E-state index in [2.05, 4.69) is 17.4 Å². The van der Waals surface area contributed by atoms with Crippen LogP contribution in [0.15, 0.2) is 36.4 Å². The number of nitrogens with two attached hydrogens (primary N) is 1. The molecular formula is C16H17ClN2O. The van der Waals surface area contributed by atoms with Crippen LogP contribution >= 0.6 is 11.6 Å². The monoisotopic (exact) mass is 288 g/mol. The summed E-state index contributed by atoms with van der Waals surface area (Å²) in [5.41, 5.74) is 9.21. The molecule has 0 spiro atoms. The number of hydrogen-bond donors (Lipinski definition) is 2. The Kier molecular flexibility index (Phi) is 3.81. The van der Waals surface area contributed by atoms with Crippen molar-refractivity contribution in [1.82, 2.24) is 0 Å². The summed E-state index contributed by atoms with van der Waals surface area (Å²) in [6, 6.07) is 11.8. The van der Waals surface area contributed by atoms with Crippen molar-refractivity contribution >= 4 is 17.3 Å². The van der Waals surface area contributed by atoms with Gasteiger partial charge in [-0.3, -0.25) is 0 Å². The van der Waals surface area contributed by atoms with Gasteiger partial charge in [-0.25, -0.2) is 0 Å². The van der Waals surface area contributed by atoms with E-state index in [4.69, 9.17) is 22.1 Å². The Hall–Kier alpha value is -1.71. The Balaban J connectivity index is 1.88. The fraction of sp³-hybridized carbons (Fsp3) is 0.250. The zero-order chi connectivity index (χ0) is 13.9. The molecule has 3 rings (SSSR count). The maximum atomic E-state index is 6.06. The number of ether oxygens (including phenoxy) is 1. The maximum absolute atomic E-state index is 6.06. The van der Waals surface area contributed by atoms with Gasteiger partial charge >= 0.3 is 0 Å². The van der Waals surface area contributed by atoms with E-state index in [0.717, 1.165) is 36.4 Å². The highest BCUT2D eigenvalue weighted by Gasteiger charge is 2.12. The lowest BCUT2D eigenvalue weighted by atomic mass is 10.1. The number of benzene rings is 2. The van der Waals surface area contributed by atoms with Crippen LogP contribution in [0.5, 0.6) is 11.5 Å². The molecule has 0 unspecified atom stereocenters. The van der Waals surface area contributed by atoms with Gasteiger partial charge in [0.05, 0.1) is 0 Å². The van der Waals surface area contributed by atoms with Crippen LogP contribution in [0.4, 0.5) is 5.69 Å². The molecule has 0 amide bonds. The molecule has 3 nitrogen and oxygen atoms in total. The molecule has 1 aliphatic heterocycles. The lowest BCUT2D eigenvalue weighted by molar-refractivity contribution is 0.476. The molecule has 0 aliphatic carbocycles. The fourth-order valence-electron chi connectivity index (χ4n) is 2.46. The predicted molar refractivity (Wildman–Crippen MR) is 82.9 cm³/mol. The molecular weight excluding hydrogens is 272 g/mol. The lowest BCUT2D eigenvalue weighted by Gasteiger charge is -2.12. The van der Waals surface area contributed by atoms with Crippen molar-refractivity contribution in [3.8, 4) is 11.5 Å². The van der Waals surface area contributed by atoms with Gasteiger partial charge in [-0.15, -0.1) is 0 Å². The van der Waals surface area contributed by atoms with Crippen LogP contribution in [-0.2, 0) is 12.8 Å². The van der Waals surface area contributed by atoms with E-state index in [-0.39, 0.29) is 0 Å². The van der Waals surface area contributed by atoms with Crippen LogP contribution < -0.4 is 15.8 Å². The zero-order valence-electron chi connectivity index (χ0n) is 11.2. The number of anilines is 1. The summed E-state index contributed by atoms with van der Waals surface area (Å²) < 4.78 is 6.00. The third-order valence-corrected chi connectivity index (χ3v) is 3.69. The molecule has 2 aromatic carbocycles. The van der Waals surface area contributed by atoms with Crippen LogP contribution in [0, 0.1) is 0 Å². The van der Waals surface area contributed by atoms with Crippen LogP contribution in [0.2, 0.25) is 5.02 Å². The van der Waals surface area contributed by atoms with Crippen molar-refractivity contribution in [2.45, 2.75) is 12.8 Å². The minimum atomic E-state index is 0.589. The van der Waals surface area contributed by atoms with E-state index in [1.807, 2.05) is 24.3 Å². The number of nitrogens with one attached hydrogen (secondary N) is 1. The molecule has 2 aromatic rings. The van der Waals surface area contributed by atoms with Crippen LogP contribution in [0.25, 0.3) is 0 Å². The second-order valence-corrected chi connectivity index (χ2v) is 5.32. The first-order chi connectivity index (χ1) is 9.76. The molecule has 1 heterocycles. The van der Waals surface area contributed by atoms with Crippen LogP contribution in [-0.4, -0.2) is 13.1 Å². The number of rotatable bonds is 4. The van der Waals surface area contributed by atoms with Crippen molar-refractivity contribution in [2.24, 2.45) is 5.73 Å². The second kappa shape index (κ2) is 5.73. The van der Waals surface area contributed by atoms with Gasteiger partial charge in [-0.1, -0.05) is 17.7 Å². The van der Waals surface area contributed by atoms with E-state index in [1.165, 1.54) is 11.3 Å². The van der Waals surface area contributed by atoms with Crippen molar-refractivity contribution in [2.75, 3.05) is 18.4 Å². The first kappa shape index (κ1) is 13.3. The van der Waals surface area contributed by atoms with E-state index in [1.54, 1.807) is 0 Å². The fourth-order valence-corrected chi connectivity index (χ4v) is 2.62. The highest BCUT2D eigenvalue weighted by molar-refractivity contribution is 6.30. The van der Waals surface area contributed by atoms with Crippen molar-refractivity contribution in [3.05, 3.63) is 52.5 Å². The zero-order valence-corrected chi connectivity index (χ0v) is 11.9. The number of fused-ring (bicyclic) bond motifs is 1. The minimum Gasteiger partial charge on any atom is -0.457 e. The van der Waals surface area contributed by atoms with Gasteiger partial charge < -0.3 is 15.8 Å². The average molecular weight is 289 g/mol. The molecule has 0 fully saturated rings. The number of hydrogen-bond acceptors (Lipinski definition) is 3. The molecule has 3 N–H and O–H groups in total. The summed E-state index contributed by atoms with van der Waals surface area (Å²) in [4.78, 5) is 0. The first-order valence-electron chi connectivity index (χ1n) is 6.79. The van der Waals surface area contributed by atoms with Gasteiger partial charge in [0.25, 0.3) is 0 Å². The van der Waals surface area contributed by atoms with Gasteiger partial charge in [0.1, 0.15) is 11.5 Å². The molecule has 20 heavy (non-hydrogen) atoms.